The summed E-state index contributed by atoms with van der Waals surface area (Å²) in [5, 5.41) is 1.17. The predicted molar refractivity (Wildman–Crippen MR) is 135 cm³/mol. The second-order valence-electron chi connectivity index (χ2n) is 8.56. The molecule has 2 aromatic heterocycles. The summed E-state index contributed by atoms with van der Waals surface area (Å²) in [5.41, 5.74) is 3.32. The maximum Gasteiger partial charge on any atom is 0.253 e. The summed E-state index contributed by atoms with van der Waals surface area (Å²) in [6.45, 7) is 7.27. The summed E-state index contributed by atoms with van der Waals surface area (Å²) in [6, 6.07) is 20.1. The van der Waals surface area contributed by atoms with Gasteiger partial charge in [0.25, 0.3) is 5.91 Å². The van der Waals surface area contributed by atoms with E-state index in [1.165, 1.54) is 21.4 Å². The highest BCUT2D eigenvalue weighted by Gasteiger charge is 2.26. The molecular weight excluding hydrogens is 428 g/mol. The average molecular weight is 457 g/mol. The van der Waals surface area contributed by atoms with E-state index in [0.717, 1.165) is 48.0 Å². The zero-order valence-electron chi connectivity index (χ0n) is 19.1. The molecule has 0 N–H and O–H groups in total. The molecule has 5 nitrogen and oxygen atoms in total. The minimum Gasteiger partial charge on any atom is -0.352 e. The number of piperazine rings is 1. The third-order valence-corrected chi connectivity index (χ3v) is 7.52. The van der Waals surface area contributed by atoms with Gasteiger partial charge in [-0.05, 0) is 43.5 Å². The molecule has 5 rings (SSSR count). The van der Waals surface area contributed by atoms with E-state index >= 15 is 0 Å². The van der Waals surface area contributed by atoms with Gasteiger partial charge in [-0.1, -0.05) is 48.5 Å². The second kappa shape index (κ2) is 9.32. The molecule has 0 atom stereocenters. The summed E-state index contributed by atoms with van der Waals surface area (Å²) in [7, 11) is 0. The molecule has 1 aliphatic heterocycles. The van der Waals surface area contributed by atoms with Gasteiger partial charge in [-0.3, -0.25) is 4.79 Å². The lowest BCUT2D eigenvalue weighted by Gasteiger charge is -2.36. The fourth-order valence-electron chi connectivity index (χ4n) is 4.40. The second-order valence-corrected chi connectivity index (χ2v) is 9.76. The molecule has 1 saturated heterocycles. The van der Waals surface area contributed by atoms with Crippen LogP contribution in [0.1, 0.15) is 32.2 Å². The fraction of sp³-hybridized carbons (Fsp3) is 0.296. The Balaban J connectivity index is 1.38. The molecular formula is C27H28N4OS. The van der Waals surface area contributed by atoms with E-state index in [2.05, 4.69) is 43.0 Å². The number of carbonyl (C=O) groups excluding carboxylic acids is 1. The molecule has 0 radical (unpaired) electrons. The number of hydrogen-bond acceptors (Lipinski definition) is 5. The first-order valence-electron chi connectivity index (χ1n) is 11.5. The Morgan fingerprint density at radius 1 is 0.879 bits per heavy atom. The van der Waals surface area contributed by atoms with Crippen molar-refractivity contribution >= 4 is 33.3 Å². The minimum atomic E-state index is 0.106. The van der Waals surface area contributed by atoms with Gasteiger partial charge < -0.3 is 9.80 Å². The summed E-state index contributed by atoms with van der Waals surface area (Å²) in [5.74, 6) is 2.02. The molecule has 6 heteroatoms. The van der Waals surface area contributed by atoms with Gasteiger partial charge in [0.15, 0.2) is 0 Å². The van der Waals surface area contributed by atoms with Crippen LogP contribution in [-0.2, 0) is 12.8 Å². The largest absolute Gasteiger partial charge is 0.352 e. The zero-order chi connectivity index (χ0) is 22.8. The van der Waals surface area contributed by atoms with Gasteiger partial charge >= 0.3 is 0 Å². The van der Waals surface area contributed by atoms with Gasteiger partial charge in [-0.2, -0.15) is 0 Å². The van der Waals surface area contributed by atoms with Gasteiger partial charge in [0.1, 0.15) is 16.5 Å². The molecule has 1 aliphatic rings. The highest BCUT2D eigenvalue weighted by molar-refractivity contribution is 7.18. The van der Waals surface area contributed by atoms with E-state index in [0.29, 0.717) is 13.1 Å². The number of amides is 1. The minimum absolute atomic E-state index is 0.106. The number of aromatic nitrogens is 2. The van der Waals surface area contributed by atoms with E-state index in [1.807, 2.05) is 41.3 Å². The number of anilines is 1. The number of hydrogen-bond donors (Lipinski definition) is 0. The van der Waals surface area contributed by atoms with Gasteiger partial charge in [0.2, 0.25) is 0 Å². The van der Waals surface area contributed by atoms with Gasteiger partial charge in [-0.25, -0.2) is 9.97 Å². The molecule has 0 aliphatic carbocycles. The van der Waals surface area contributed by atoms with Crippen molar-refractivity contribution in [3.05, 3.63) is 88.1 Å². The average Bonchev–Trinajstić information content (AvgIpc) is 3.16. The number of aryl methyl sites for hydroxylation is 4. The highest BCUT2D eigenvalue weighted by Crippen LogP contribution is 2.35. The predicted octanol–water partition coefficient (Wildman–Crippen LogP) is 5.06. The molecule has 168 valence electrons. The Bertz CT molecular complexity index is 1260. The number of rotatable bonds is 5. The molecule has 0 spiro atoms. The van der Waals surface area contributed by atoms with Crippen LogP contribution in [0, 0.1) is 13.8 Å². The van der Waals surface area contributed by atoms with Crippen LogP contribution in [0.5, 0.6) is 0 Å². The van der Waals surface area contributed by atoms with Crippen LogP contribution in [0.15, 0.2) is 60.7 Å². The lowest BCUT2D eigenvalue weighted by Crippen LogP contribution is -2.49. The standard InChI is InChI=1S/C27H28N4OS/c1-19-20(2)33-26-24(19)25(28-23(29-26)14-13-21-9-5-3-6-10-21)30-15-17-31(18-16-30)27(32)22-11-7-4-8-12-22/h3-12H,13-18H2,1-2H3. The summed E-state index contributed by atoms with van der Waals surface area (Å²) in [6.07, 6.45) is 1.74. The van der Waals surface area contributed by atoms with E-state index < -0.39 is 0 Å². The van der Waals surface area contributed by atoms with Crippen LogP contribution in [-0.4, -0.2) is 47.0 Å². The molecule has 4 aromatic rings. The SMILES string of the molecule is Cc1sc2nc(CCc3ccccc3)nc(N3CCN(C(=O)c4ccccc4)CC3)c2c1C. The van der Waals surface area contributed by atoms with Crippen LogP contribution in [0.3, 0.4) is 0 Å². The molecule has 0 saturated carbocycles. The quantitative estimate of drug-likeness (QED) is 0.421. The number of fused-ring (bicyclic) bond motifs is 1. The van der Waals surface area contributed by atoms with Crippen molar-refractivity contribution < 1.29 is 4.79 Å². The lowest BCUT2D eigenvalue weighted by molar-refractivity contribution is 0.0746. The summed E-state index contributed by atoms with van der Waals surface area (Å²) >= 11 is 1.75. The van der Waals surface area contributed by atoms with Gasteiger partial charge in [-0.15, -0.1) is 11.3 Å². The fourth-order valence-corrected chi connectivity index (χ4v) is 5.44. The molecule has 0 unspecified atom stereocenters. The van der Waals surface area contributed by atoms with Gasteiger partial charge in [0.05, 0.1) is 5.39 Å². The normalized spacial score (nSPS) is 14.1. The smallest absolute Gasteiger partial charge is 0.253 e. The highest BCUT2D eigenvalue weighted by atomic mass is 32.1. The van der Waals surface area contributed by atoms with Gasteiger partial charge in [0, 0.05) is 43.0 Å². The lowest BCUT2D eigenvalue weighted by atomic mass is 10.1. The molecule has 2 aromatic carbocycles. The van der Waals surface area contributed by atoms with Crippen LogP contribution >= 0.6 is 11.3 Å². The van der Waals surface area contributed by atoms with E-state index in [4.69, 9.17) is 9.97 Å². The summed E-state index contributed by atoms with van der Waals surface area (Å²) in [4.78, 5) is 29.5. The number of thiophene rings is 1. The molecule has 0 bridgehead atoms. The Hall–Kier alpha value is -3.25. The third kappa shape index (κ3) is 4.48. The Morgan fingerprint density at radius 2 is 1.55 bits per heavy atom. The molecule has 1 amide bonds. The first-order valence-corrected chi connectivity index (χ1v) is 12.3. The van der Waals surface area contributed by atoms with Crippen LogP contribution < -0.4 is 4.90 Å². The molecule has 3 heterocycles. The number of nitrogens with zero attached hydrogens (tertiary/aromatic N) is 4. The zero-order valence-corrected chi connectivity index (χ0v) is 19.9. The Morgan fingerprint density at radius 3 is 2.24 bits per heavy atom. The topological polar surface area (TPSA) is 49.3 Å². The van der Waals surface area contributed by atoms with Crippen molar-refractivity contribution in [1.82, 2.24) is 14.9 Å². The Kier molecular flexibility index (Phi) is 6.09. The van der Waals surface area contributed by atoms with Crippen molar-refractivity contribution in [2.75, 3.05) is 31.1 Å². The maximum atomic E-state index is 12.9. The monoisotopic (exact) mass is 456 g/mol. The third-order valence-electron chi connectivity index (χ3n) is 6.42. The van der Waals surface area contributed by atoms with Crippen molar-refractivity contribution in [2.24, 2.45) is 0 Å². The van der Waals surface area contributed by atoms with E-state index in [9.17, 15) is 4.79 Å². The molecule has 33 heavy (non-hydrogen) atoms. The summed E-state index contributed by atoms with van der Waals surface area (Å²) < 4.78 is 0. The molecule has 1 fully saturated rings. The van der Waals surface area contributed by atoms with Crippen molar-refractivity contribution in [3.8, 4) is 0 Å². The van der Waals surface area contributed by atoms with Crippen molar-refractivity contribution in [1.29, 1.82) is 0 Å². The number of benzene rings is 2. The van der Waals surface area contributed by atoms with Crippen LogP contribution in [0.2, 0.25) is 0 Å². The number of carbonyl (C=O) groups is 1. The Labute approximate surface area is 198 Å². The van der Waals surface area contributed by atoms with E-state index in [1.54, 1.807) is 11.3 Å². The van der Waals surface area contributed by atoms with E-state index in [-0.39, 0.29) is 5.91 Å². The van der Waals surface area contributed by atoms with Crippen molar-refractivity contribution in [3.63, 3.8) is 0 Å². The van der Waals surface area contributed by atoms with Crippen LogP contribution in [0.4, 0.5) is 5.82 Å². The van der Waals surface area contributed by atoms with Crippen LogP contribution in [0.25, 0.3) is 10.2 Å². The van der Waals surface area contributed by atoms with Crippen molar-refractivity contribution in [2.45, 2.75) is 26.7 Å². The first kappa shape index (κ1) is 21.6. The maximum absolute atomic E-state index is 12.9. The first-order chi connectivity index (χ1) is 16.1.